The van der Waals surface area contributed by atoms with E-state index in [9.17, 15) is 9.59 Å². The van der Waals surface area contributed by atoms with Gasteiger partial charge in [-0.3, -0.25) is 15.6 Å². The number of rotatable bonds is 6. The number of aromatic nitrogens is 1. The fourth-order valence-electron chi connectivity index (χ4n) is 2.61. The Morgan fingerprint density at radius 3 is 2.50 bits per heavy atom. The fraction of sp³-hybridized carbons (Fsp3) is 0.350. The number of hydrogen-bond acceptors (Lipinski definition) is 5. The molecule has 0 unspecified atom stereocenters. The highest BCUT2D eigenvalue weighted by Crippen LogP contribution is 2.22. The maximum Gasteiger partial charge on any atom is 0.412 e. The van der Waals surface area contributed by atoms with Gasteiger partial charge in [-0.1, -0.05) is 12.1 Å². The van der Waals surface area contributed by atoms with Gasteiger partial charge in [-0.2, -0.15) is 0 Å². The fourth-order valence-corrected chi connectivity index (χ4v) is 2.61. The van der Waals surface area contributed by atoms with Crippen LogP contribution in [0.25, 0.3) is 0 Å². The van der Waals surface area contributed by atoms with E-state index in [4.69, 9.17) is 15.6 Å². The third-order valence-corrected chi connectivity index (χ3v) is 3.77. The quantitative estimate of drug-likeness (QED) is 0.599. The summed E-state index contributed by atoms with van der Waals surface area (Å²) in [5.41, 5.74) is 8.93. The summed E-state index contributed by atoms with van der Waals surface area (Å²) < 4.78 is 5.32. The first-order valence-electron chi connectivity index (χ1n) is 8.92. The number of anilines is 2. The van der Waals surface area contributed by atoms with Gasteiger partial charge in [-0.05, 0) is 62.4 Å². The Balaban J connectivity index is 2.15. The third kappa shape index (κ3) is 6.88. The monoisotopic (exact) mass is 386 g/mol. The molecular formula is C20H26N4O4. The summed E-state index contributed by atoms with van der Waals surface area (Å²) in [6.07, 6.45) is 2.68. The molecule has 0 bridgehead atoms. The Morgan fingerprint density at radius 1 is 1.11 bits per heavy atom. The number of nitrogens with zero attached hydrogens (tertiary/aromatic N) is 1. The molecule has 0 radical (unpaired) electrons. The third-order valence-electron chi connectivity index (χ3n) is 3.77. The van der Waals surface area contributed by atoms with Crippen LogP contribution in [0, 0.1) is 0 Å². The summed E-state index contributed by atoms with van der Waals surface area (Å²) in [7, 11) is 0. The molecule has 0 fully saturated rings. The molecule has 1 heterocycles. The average Bonchev–Trinajstić information content (AvgIpc) is 2.59. The summed E-state index contributed by atoms with van der Waals surface area (Å²) in [6.45, 7) is 5.79. The number of benzene rings is 1. The van der Waals surface area contributed by atoms with Crippen LogP contribution in [-0.2, 0) is 24.1 Å². The van der Waals surface area contributed by atoms with Crippen LogP contribution in [0.4, 0.5) is 21.0 Å². The minimum Gasteiger partial charge on any atom is -0.465 e. The number of nitrogens with one attached hydrogen (secondary N) is 2. The van der Waals surface area contributed by atoms with Crippen LogP contribution in [-0.4, -0.2) is 27.9 Å². The molecule has 0 saturated heterocycles. The second-order valence-electron chi connectivity index (χ2n) is 7.33. The minimum absolute atomic E-state index is 0.388. The molecule has 8 heteroatoms. The second-order valence-corrected chi connectivity index (χ2v) is 7.33. The van der Waals surface area contributed by atoms with Crippen LogP contribution in [0.5, 0.6) is 0 Å². The van der Waals surface area contributed by atoms with E-state index < -0.39 is 17.8 Å². The van der Waals surface area contributed by atoms with Crippen molar-refractivity contribution in [1.29, 1.82) is 0 Å². The maximum absolute atomic E-state index is 12.1. The molecule has 8 nitrogen and oxygen atoms in total. The number of aryl methyl sites for hydroxylation is 2. The Morgan fingerprint density at radius 2 is 1.86 bits per heavy atom. The topological polar surface area (TPSA) is 127 Å². The zero-order valence-electron chi connectivity index (χ0n) is 16.3. The van der Waals surface area contributed by atoms with E-state index in [1.54, 1.807) is 33.0 Å². The zero-order chi connectivity index (χ0) is 20.7. The molecule has 5 N–H and O–H groups in total. The highest BCUT2D eigenvalue weighted by atomic mass is 16.6. The zero-order valence-corrected chi connectivity index (χ0v) is 16.3. The lowest BCUT2D eigenvalue weighted by Crippen LogP contribution is -2.27. The summed E-state index contributed by atoms with van der Waals surface area (Å²) in [4.78, 5) is 27.0. The van der Waals surface area contributed by atoms with Gasteiger partial charge >= 0.3 is 12.2 Å². The minimum atomic E-state index is -1.14. The number of hydrogen-bond donors (Lipinski definition) is 4. The van der Waals surface area contributed by atoms with Gasteiger partial charge in [0.1, 0.15) is 5.60 Å². The van der Waals surface area contributed by atoms with Gasteiger partial charge in [-0.25, -0.2) is 9.59 Å². The van der Waals surface area contributed by atoms with Crippen molar-refractivity contribution in [3.05, 3.63) is 53.3 Å². The van der Waals surface area contributed by atoms with E-state index in [0.29, 0.717) is 30.8 Å². The van der Waals surface area contributed by atoms with Crippen molar-refractivity contribution in [2.24, 2.45) is 5.73 Å². The summed E-state index contributed by atoms with van der Waals surface area (Å²) >= 11 is 0. The number of carboxylic acid groups (broad SMARTS) is 1. The van der Waals surface area contributed by atoms with E-state index in [1.807, 2.05) is 18.2 Å². The number of amides is 2. The van der Waals surface area contributed by atoms with Crippen molar-refractivity contribution in [1.82, 2.24) is 4.98 Å². The first-order valence-corrected chi connectivity index (χ1v) is 8.92. The number of nitrogens with two attached hydrogens (primary N) is 1. The van der Waals surface area contributed by atoms with E-state index >= 15 is 0 Å². The van der Waals surface area contributed by atoms with Gasteiger partial charge in [0, 0.05) is 18.4 Å². The van der Waals surface area contributed by atoms with Crippen LogP contribution >= 0.6 is 0 Å². The lowest BCUT2D eigenvalue weighted by molar-refractivity contribution is 0.0635. The van der Waals surface area contributed by atoms with Crippen molar-refractivity contribution in [3.8, 4) is 0 Å². The van der Waals surface area contributed by atoms with E-state index in [1.165, 1.54) is 6.20 Å². The molecule has 2 aromatic rings. The lowest BCUT2D eigenvalue weighted by atomic mass is 10.0. The Labute approximate surface area is 164 Å². The first-order chi connectivity index (χ1) is 13.2. The Hall–Kier alpha value is -3.13. The average molecular weight is 386 g/mol. The predicted molar refractivity (Wildman–Crippen MR) is 107 cm³/mol. The van der Waals surface area contributed by atoms with Gasteiger partial charge in [0.2, 0.25) is 0 Å². The molecule has 28 heavy (non-hydrogen) atoms. The van der Waals surface area contributed by atoms with Crippen molar-refractivity contribution in [2.45, 2.75) is 45.8 Å². The molecule has 2 amide bonds. The van der Waals surface area contributed by atoms with Crippen molar-refractivity contribution >= 4 is 23.6 Å². The van der Waals surface area contributed by atoms with Crippen LogP contribution in [0.2, 0.25) is 0 Å². The molecule has 0 saturated carbocycles. The van der Waals surface area contributed by atoms with Gasteiger partial charge in [-0.15, -0.1) is 0 Å². The largest absolute Gasteiger partial charge is 0.465 e. The molecule has 0 atom stereocenters. The van der Waals surface area contributed by atoms with Crippen LogP contribution in [0.3, 0.4) is 0 Å². The van der Waals surface area contributed by atoms with Crippen LogP contribution < -0.4 is 16.4 Å². The van der Waals surface area contributed by atoms with Gasteiger partial charge < -0.3 is 15.6 Å². The molecule has 1 aromatic carbocycles. The number of ether oxygens (including phenoxy) is 1. The number of carbonyl (C=O) groups is 2. The molecule has 2 rings (SSSR count). The molecule has 0 aliphatic heterocycles. The van der Waals surface area contributed by atoms with Gasteiger partial charge in [0.15, 0.2) is 0 Å². The number of pyridine rings is 1. The molecule has 0 aliphatic rings. The SMILES string of the molecule is CC(C)(C)OC(=O)Nc1ccc(CN)cc1CCc1cncc(NC(=O)O)c1. The molecule has 1 aromatic heterocycles. The first kappa shape index (κ1) is 21.2. The second kappa shape index (κ2) is 9.18. The highest BCUT2D eigenvalue weighted by Gasteiger charge is 2.17. The summed E-state index contributed by atoms with van der Waals surface area (Å²) in [6, 6.07) is 7.34. The lowest BCUT2D eigenvalue weighted by Gasteiger charge is -2.20. The van der Waals surface area contributed by atoms with Crippen molar-refractivity contribution in [2.75, 3.05) is 10.6 Å². The maximum atomic E-state index is 12.1. The van der Waals surface area contributed by atoms with E-state index in [2.05, 4.69) is 15.6 Å². The molecule has 0 aliphatic carbocycles. The van der Waals surface area contributed by atoms with E-state index in [0.717, 1.165) is 16.7 Å². The molecule has 150 valence electrons. The summed E-state index contributed by atoms with van der Waals surface area (Å²) in [5.74, 6) is 0. The van der Waals surface area contributed by atoms with Gasteiger partial charge in [0.25, 0.3) is 0 Å². The smallest absolute Gasteiger partial charge is 0.412 e. The standard InChI is InChI=1S/C20H26N4O4/c1-20(2,3)28-19(27)24-17-7-5-13(10-21)8-15(17)6-4-14-9-16(12-22-11-14)23-18(25)26/h5,7-9,11-12,23H,4,6,10,21H2,1-3H3,(H,24,27)(H,25,26). The van der Waals surface area contributed by atoms with Crippen LogP contribution in [0.1, 0.15) is 37.5 Å². The van der Waals surface area contributed by atoms with Crippen LogP contribution in [0.15, 0.2) is 36.7 Å². The van der Waals surface area contributed by atoms with E-state index in [-0.39, 0.29) is 0 Å². The van der Waals surface area contributed by atoms with Crippen molar-refractivity contribution < 1.29 is 19.4 Å². The van der Waals surface area contributed by atoms with Crippen molar-refractivity contribution in [3.63, 3.8) is 0 Å². The number of carbonyl (C=O) groups excluding carboxylic acids is 1. The predicted octanol–water partition coefficient (Wildman–Crippen LogP) is 3.76. The molecular weight excluding hydrogens is 360 g/mol. The summed E-state index contributed by atoms with van der Waals surface area (Å²) in [5, 5.41) is 13.9. The Bertz CT molecular complexity index is 846. The van der Waals surface area contributed by atoms with Gasteiger partial charge in [0.05, 0.1) is 11.9 Å². The Kier molecular flexibility index (Phi) is 6.94. The normalized spacial score (nSPS) is 11.0. The molecule has 0 spiro atoms. The highest BCUT2D eigenvalue weighted by molar-refractivity contribution is 5.86.